The number of fused-ring (bicyclic) bond motifs is 1. The van der Waals surface area contributed by atoms with E-state index < -0.39 is 6.36 Å². The Morgan fingerprint density at radius 2 is 1.75 bits per heavy atom. The lowest BCUT2D eigenvalue weighted by molar-refractivity contribution is -0.274. The van der Waals surface area contributed by atoms with E-state index in [0.717, 1.165) is 32.1 Å². The molecular formula is C22H28Cl2F3N7O2. The number of hydrogen-bond acceptors (Lipinski definition) is 8. The lowest BCUT2D eigenvalue weighted by atomic mass is 9.92. The van der Waals surface area contributed by atoms with Gasteiger partial charge in [0.05, 0.1) is 19.0 Å². The Bertz CT molecular complexity index is 1130. The zero-order valence-corrected chi connectivity index (χ0v) is 20.8. The van der Waals surface area contributed by atoms with Gasteiger partial charge in [-0.1, -0.05) is 0 Å². The summed E-state index contributed by atoms with van der Waals surface area (Å²) in [6, 6.07) is 6.05. The van der Waals surface area contributed by atoms with Gasteiger partial charge in [-0.2, -0.15) is 9.97 Å². The van der Waals surface area contributed by atoms with Crippen molar-refractivity contribution in [2.45, 2.75) is 56.6 Å². The third kappa shape index (κ3) is 6.61. The Balaban J connectivity index is 0.00000180. The minimum Gasteiger partial charge on any atom is -0.406 e. The standard InChI is InChI=1S/C22H26F3N7O2.2ClH/c23-22(24,25)34-17-7-5-14(6-8-17)28-19-18-20(32(12-27-18)16-9-10-33-11-16)31-21(30-19)29-15-3-1-13(26)2-4-15;;/h5-8,12-13,15-16H,1-4,9-11,26H2,(H2,28,29,30,31);2*1H. The Hall–Kier alpha value is -2.54. The van der Waals surface area contributed by atoms with Gasteiger partial charge in [-0.3, -0.25) is 0 Å². The molecule has 36 heavy (non-hydrogen) atoms. The van der Waals surface area contributed by atoms with E-state index in [0.29, 0.717) is 41.8 Å². The van der Waals surface area contributed by atoms with Gasteiger partial charge in [-0.15, -0.1) is 38.0 Å². The van der Waals surface area contributed by atoms with Crippen molar-refractivity contribution >= 4 is 53.4 Å². The average molecular weight is 550 g/mol. The maximum absolute atomic E-state index is 12.5. The van der Waals surface area contributed by atoms with Crippen molar-refractivity contribution < 1.29 is 22.6 Å². The predicted octanol–water partition coefficient (Wildman–Crippen LogP) is 4.96. The van der Waals surface area contributed by atoms with E-state index in [1.165, 1.54) is 24.3 Å². The number of aromatic nitrogens is 4. The van der Waals surface area contributed by atoms with Crippen molar-refractivity contribution in [2.75, 3.05) is 23.8 Å². The smallest absolute Gasteiger partial charge is 0.406 e. The maximum atomic E-state index is 12.5. The van der Waals surface area contributed by atoms with Crippen LogP contribution in [0.15, 0.2) is 30.6 Å². The fraction of sp³-hybridized carbons (Fsp3) is 0.500. The first-order chi connectivity index (χ1) is 16.3. The molecule has 2 aromatic heterocycles. The molecule has 3 aromatic rings. The zero-order valence-electron chi connectivity index (χ0n) is 19.2. The van der Waals surface area contributed by atoms with Crippen LogP contribution in [-0.4, -0.2) is 51.2 Å². The number of imidazole rings is 1. The van der Waals surface area contributed by atoms with Crippen LogP contribution in [0.2, 0.25) is 0 Å². The van der Waals surface area contributed by atoms with E-state index in [2.05, 4.69) is 25.3 Å². The molecule has 5 rings (SSSR count). The van der Waals surface area contributed by atoms with Crippen LogP contribution in [0.5, 0.6) is 5.75 Å². The SMILES string of the molecule is Cl.Cl.NC1CCC(Nc2nc(Nc3ccc(OC(F)(F)F)cc3)c3ncn(C4CCOC4)c3n2)CC1. The summed E-state index contributed by atoms with van der Waals surface area (Å²) in [7, 11) is 0. The minimum atomic E-state index is -4.74. The molecule has 0 radical (unpaired) electrons. The normalized spacial score (nSPS) is 21.9. The molecule has 1 saturated carbocycles. The summed E-state index contributed by atoms with van der Waals surface area (Å²) < 4.78 is 48.9. The van der Waals surface area contributed by atoms with Gasteiger partial charge < -0.3 is 30.4 Å². The highest BCUT2D eigenvalue weighted by Crippen LogP contribution is 2.31. The number of nitrogens with zero attached hydrogens (tertiary/aromatic N) is 4. The van der Waals surface area contributed by atoms with E-state index >= 15 is 0 Å². The summed E-state index contributed by atoms with van der Waals surface area (Å²) in [6.07, 6.45) is 1.59. The highest BCUT2D eigenvalue weighted by atomic mass is 35.5. The van der Waals surface area contributed by atoms with Crippen molar-refractivity contribution in [2.24, 2.45) is 5.73 Å². The summed E-state index contributed by atoms with van der Waals surface area (Å²) >= 11 is 0. The highest BCUT2D eigenvalue weighted by molar-refractivity contribution is 5.87. The Kier molecular flexibility index (Phi) is 9.09. The summed E-state index contributed by atoms with van der Waals surface area (Å²) in [5.41, 5.74) is 7.81. The Morgan fingerprint density at radius 3 is 2.39 bits per heavy atom. The molecule has 2 fully saturated rings. The molecule has 1 atom stereocenters. The molecule has 3 heterocycles. The van der Waals surface area contributed by atoms with E-state index in [1.54, 1.807) is 6.33 Å². The quantitative estimate of drug-likeness (QED) is 0.395. The molecule has 1 aliphatic carbocycles. The van der Waals surface area contributed by atoms with Gasteiger partial charge in [0, 0.05) is 24.4 Å². The summed E-state index contributed by atoms with van der Waals surface area (Å²) in [5.74, 6) is 0.629. The molecule has 9 nitrogen and oxygen atoms in total. The molecule has 0 bridgehead atoms. The molecule has 0 amide bonds. The molecule has 0 spiro atoms. The molecule has 14 heteroatoms. The fourth-order valence-electron chi connectivity index (χ4n) is 4.40. The van der Waals surface area contributed by atoms with Crippen LogP contribution in [0.4, 0.5) is 30.6 Å². The summed E-state index contributed by atoms with van der Waals surface area (Å²) in [5, 5.41) is 6.60. The van der Waals surface area contributed by atoms with E-state index in [1.807, 2.05) is 4.57 Å². The minimum absolute atomic E-state index is 0. The van der Waals surface area contributed by atoms with Crippen LogP contribution in [-0.2, 0) is 4.74 Å². The zero-order chi connectivity index (χ0) is 23.7. The second-order valence-corrected chi connectivity index (χ2v) is 8.69. The molecule has 198 valence electrons. The van der Waals surface area contributed by atoms with Gasteiger partial charge >= 0.3 is 6.36 Å². The number of nitrogens with one attached hydrogen (secondary N) is 2. The Labute approximate surface area is 218 Å². The van der Waals surface area contributed by atoms with Crippen molar-refractivity contribution in [3.05, 3.63) is 30.6 Å². The van der Waals surface area contributed by atoms with Crippen molar-refractivity contribution in [1.82, 2.24) is 19.5 Å². The van der Waals surface area contributed by atoms with Gasteiger partial charge in [-0.25, -0.2) is 4.98 Å². The number of nitrogens with two attached hydrogens (primary N) is 1. The number of halogens is 5. The van der Waals surface area contributed by atoms with Crippen molar-refractivity contribution in [3.8, 4) is 5.75 Å². The largest absolute Gasteiger partial charge is 0.573 e. The van der Waals surface area contributed by atoms with E-state index in [9.17, 15) is 13.2 Å². The third-order valence-corrected chi connectivity index (χ3v) is 6.18. The lowest BCUT2D eigenvalue weighted by Crippen LogP contribution is -2.33. The van der Waals surface area contributed by atoms with Crippen LogP contribution < -0.4 is 21.1 Å². The highest BCUT2D eigenvalue weighted by Gasteiger charge is 2.31. The van der Waals surface area contributed by atoms with Gasteiger partial charge in [0.25, 0.3) is 0 Å². The number of rotatable bonds is 6. The first kappa shape index (κ1) is 28.0. The predicted molar refractivity (Wildman–Crippen MR) is 135 cm³/mol. The number of ether oxygens (including phenoxy) is 2. The van der Waals surface area contributed by atoms with Gasteiger partial charge in [0.15, 0.2) is 17.0 Å². The third-order valence-electron chi connectivity index (χ3n) is 6.18. The van der Waals surface area contributed by atoms with Crippen molar-refractivity contribution in [3.63, 3.8) is 0 Å². The maximum Gasteiger partial charge on any atom is 0.573 e. The van der Waals surface area contributed by atoms with Crippen LogP contribution in [0.25, 0.3) is 11.2 Å². The molecule has 4 N–H and O–H groups in total. The topological polar surface area (TPSA) is 112 Å². The number of hydrogen-bond donors (Lipinski definition) is 3. The van der Waals surface area contributed by atoms with Crippen LogP contribution in [0.1, 0.15) is 38.1 Å². The first-order valence-corrected chi connectivity index (χ1v) is 11.3. The molecule has 1 aliphatic heterocycles. The molecule has 1 unspecified atom stereocenters. The lowest BCUT2D eigenvalue weighted by Gasteiger charge is -2.27. The van der Waals surface area contributed by atoms with E-state index in [4.69, 9.17) is 15.5 Å². The molecule has 2 aliphatic rings. The van der Waals surface area contributed by atoms with Crippen LogP contribution >= 0.6 is 24.8 Å². The van der Waals surface area contributed by atoms with Gasteiger partial charge in [0.2, 0.25) is 5.95 Å². The van der Waals surface area contributed by atoms with E-state index in [-0.39, 0.29) is 48.7 Å². The van der Waals surface area contributed by atoms with Crippen LogP contribution in [0.3, 0.4) is 0 Å². The molecular weight excluding hydrogens is 522 g/mol. The monoisotopic (exact) mass is 549 g/mol. The second-order valence-electron chi connectivity index (χ2n) is 8.69. The number of benzene rings is 1. The first-order valence-electron chi connectivity index (χ1n) is 11.3. The Morgan fingerprint density at radius 1 is 1.03 bits per heavy atom. The number of alkyl halides is 3. The van der Waals surface area contributed by atoms with Gasteiger partial charge in [-0.05, 0) is 56.4 Å². The fourth-order valence-corrected chi connectivity index (χ4v) is 4.40. The molecule has 1 aromatic carbocycles. The summed E-state index contributed by atoms with van der Waals surface area (Å²) in [6.45, 7) is 1.27. The summed E-state index contributed by atoms with van der Waals surface area (Å²) in [4.78, 5) is 13.9. The second kappa shape index (κ2) is 11.7. The van der Waals surface area contributed by atoms with Crippen molar-refractivity contribution in [1.29, 1.82) is 0 Å². The average Bonchev–Trinajstić information content (AvgIpc) is 3.46. The number of anilines is 3. The van der Waals surface area contributed by atoms with Crippen LogP contribution in [0, 0.1) is 0 Å². The molecule has 1 saturated heterocycles. The van der Waals surface area contributed by atoms with Gasteiger partial charge in [0.1, 0.15) is 5.75 Å².